The Labute approximate surface area is 443 Å². The van der Waals surface area contributed by atoms with Gasteiger partial charge in [-0.2, -0.15) is 11.8 Å². The van der Waals surface area contributed by atoms with E-state index in [0.29, 0.717) is 31.6 Å². The number of methoxy groups -OCH3 is 1. The van der Waals surface area contributed by atoms with Crippen molar-refractivity contribution in [3.63, 3.8) is 0 Å². The highest BCUT2D eigenvalue weighted by Crippen LogP contribution is 2.41. The van der Waals surface area contributed by atoms with Crippen molar-refractivity contribution in [3.05, 3.63) is 41.7 Å². The molecule has 4 heterocycles. The molecule has 0 amide bonds. The molecule has 2 aromatic rings. The van der Waals surface area contributed by atoms with Crippen LogP contribution >= 0.6 is 11.8 Å². The van der Waals surface area contributed by atoms with Gasteiger partial charge >= 0.3 is 5.97 Å². The van der Waals surface area contributed by atoms with E-state index in [4.69, 9.17) is 28.4 Å². The molecule has 424 valence electrons. The molecule has 1 aromatic heterocycles. The van der Waals surface area contributed by atoms with Crippen LogP contribution < -0.4 is 0 Å². The zero-order valence-electron chi connectivity index (χ0n) is 46.2. The van der Waals surface area contributed by atoms with Crippen molar-refractivity contribution in [2.45, 2.75) is 208 Å². The van der Waals surface area contributed by atoms with Crippen LogP contribution in [0.1, 0.15) is 117 Å². The van der Waals surface area contributed by atoms with E-state index in [1.807, 2.05) is 44.0 Å². The van der Waals surface area contributed by atoms with Gasteiger partial charge in [0.1, 0.15) is 36.7 Å². The summed E-state index contributed by atoms with van der Waals surface area (Å²) in [6, 6.07) is 4.59. The SMILES string of the molecule is CC[C@H]1OC(=O)[C@H](C)[C@@H](O[C@H]2C[C@@](C)(OC)[C@@H](O)[C@H](C)O2)[C@H](C)[C@@H](O[C@@H]2O[C@H](C)C[C@H](N(C)CCc3cn([C@H](CF)[C@H](SC)c4ccc(S(C)(=O)=O)cc4)nn3)[C@H]2O)[C@](C)(O)C[C@@H](C)CN(C)[C@H](C)[C@@H](O)[C@]1(C)O. The summed E-state index contributed by atoms with van der Waals surface area (Å²) >= 11 is 1.42. The first kappa shape index (κ1) is 62.4. The number of hydrogen-bond acceptors (Lipinski definition) is 19. The lowest BCUT2D eigenvalue weighted by Gasteiger charge is -2.49. The Morgan fingerprint density at radius 1 is 1.00 bits per heavy atom. The van der Waals surface area contributed by atoms with Gasteiger partial charge in [-0.1, -0.05) is 38.1 Å². The van der Waals surface area contributed by atoms with Gasteiger partial charge in [-0.25, -0.2) is 17.5 Å². The van der Waals surface area contributed by atoms with Crippen LogP contribution in [0.25, 0.3) is 0 Å². The summed E-state index contributed by atoms with van der Waals surface area (Å²) in [7, 11) is 1.77. The fourth-order valence-electron chi connectivity index (χ4n) is 11.4. The fourth-order valence-corrected chi connectivity index (χ4v) is 13.0. The fraction of sp³-hybridized carbons (Fsp3) is 0.827. The number of halogens is 1. The summed E-state index contributed by atoms with van der Waals surface area (Å²) < 4.78 is 78.7. The van der Waals surface area contributed by atoms with Crippen LogP contribution in [0.2, 0.25) is 0 Å². The van der Waals surface area contributed by atoms with E-state index in [1.54, 1.807) is 66.8 Å². The largest absolute Gasteiger partial charge is 0.459 e. The number of likely N-dealkylation sites (N-methyl/N-ethyl adjacent to an activating group) is 2. The van der Waals surface area contributed by atoms with Gasteiger partial charge in [0, 0.05) is 63.5 Å². The number of nitrogens with zero attached hydrogens (tertiary/aromatic N) is 5. The highest BCUT2D eigenvalue weighted by Gasteiger charge is 2.53. The van der Waals surface area contributed by atoms with Crippen molar-refractivity contribution < 1.29 is 71.6 Å². The molecule has 20 atom stereocenters. The lowest BCUT2D eigenvalue weighted by molar-refractivity contribution is -0.318. The van der Waals surface area contributed by atoms with Gasteiger partial charge in [0.15, 0.2) is 22.4 Å². The van der Waals surface area contributed by atoms with Gasteiger partial charge in [0.2, 0.25) is 0 Å². The standard InChI is InChI=1S/C52H88FN5O14S2/c1-16-40-52(10,64)45(60)33(6)57(12)27-29(2)24-50(8,63)47(31(4)43(32(5)48(62)70-40)71-41-25-51(9,67-13)46(61)34(7)69-41)72-49-42(59)38(23-30(3)68-49)56(11)22-21-36-28-58(55-54-36)39(26-53)44(73-14)35-17-19-37(20-18-35)74(15,65)66/h17-20,28-34,38-47,49,59-61,63-64H,16,21-27H2,1-15H3/t29-,30-,31+,32-,33-,34+,38+,39-,40-,41+,42-,43+,44-,45-,46+,47-,49+,50-,51-,52-/m1/s1. The minimum Gasteiger partial charge on any atom is -0.459 e. The summed E-state index contributed by atoms with van der Waals surface area (Å²) in [5.74, 6) is -2.92. The Morgan fingerprint density at radius 2 is 1.65 bits per heavy atom. The molecule has 22 heteroatoms. The molecule has 5 rings (SSSR count). The molecule has 0 radical (unpaired) electrons. The van der Waals surface area contributed by atoms with Crippen molar-refractivity contribution in [2.24, 2.45) is 17.8 Å². The van der Waals surface area contributed by atoms with E-state index < -0.39 is 131 Å². The Balaban J connectivity index is 1.44. The third kappa shape index (κ3) is 14.4. The quantitative estimate of drug-likeness (QED) is 0.148. The van der Waals surface area contributed by atoms with Gasteiger partial charge in [0.05, 0.1) is 63.4 Å². The average molecular weight is 1090 g/mol. The number of aromatic nitrogens is 3. The number of benzene rings is 1. The van der Waals surface area contributed by atoms with Crippen LogP contribution in [0.3, 0.4) is 0 Å². The van der Waals surface area contributed by atoms with E-state index in [-0.39, 0.29) is 35.3 Å². The number of hydrogen-bond donors (Lipinski definition) is 5. The molecule has 74 heavy (non-hydrogen) atoms. The van der Waals surface area contributed by atoms with Gasteiger partial charge in [-0.3, -0.25) is 4.79 Å². The van der Waals surface area contributed by atoms with Gasteiger partial charge < -0.3 is 63.8 Å². The summed E-state index contributed by atoms with van der Waals surface area (Å²) in [4.78, 5) is 18.6. The third-order valence-corrected chi connectivity index (χ3v) is 18.3. The Bertz CT molecular complexity index is 2210. The smallest absolute Gasteiger partial charge is 0.311 e. The highest BCUT2D eigenvalue weighted by molar-refractivity contribution is 7.98. The van der Waals surface area contributed by atoms with Crippen LogP contribution in [0, 0.1) is 17.8 Å². The summed E-state index contributed by atoms with van der Waals surface area (Å²) in [6.45, 7) is 17.4. The molecular weight excluding hydrogens is 1000 g/mol. The zero-order valence-corrected chi connectivity index (χ0v) is 47.8. The summed E-state index contributed by atoms with van der Waals surface area (Å²) in [5.41, 5.74) is -3.28. The number of aliphatic hydroxyl groups is 5. The minimum atomic E-state index is -3.41. The molecule has 1 aromatic carbocycles. The number of rotatable bonds is 16. The predicted molar refractivity (Wildman–Crippen MR) is 278 cm³/mol. The molecule has 0 unspecified atom stereocenters. The summed E-state index contributed by atoms with van der Waals surface area (Å²) in [5, 5.41) is 68.1. The molecule has 19 nitrogen and oxygen atoms in total. The molecule has 0 saturated carbocycles. The first-order valence-corrected chi connectivity index (χ1v) is 29.2. The second kappa shape index (κ2) is 25.6. The van der Waals surface area contributed by atoms with Crippen molar-refractivity contribution >= 4 is 27.6 Å². The third-order valence-electron chi connectivity index (χ3n) is 16.1. The van der Waals surface area contributed by atoms with Crippen molar-refractivity contribution in [2.75, 3.05) is 53.5 Å². The van der Waals surface area contributed by atoms with Crippen molar-refractivity contribution in [1.29, 1.82) is 0 Å². The summed E-state index contributed by atoms with van der Waals surface area (Å²) in [6.07, 6.45) is -4.52. The molecule has 0 bridgehead atoms. The van der Waals surface area contributed by atoms with Crippen LogP contribution in [0.15, 0.2) is 35.4 Å². The number of carbonyl (C=O) groups is 1. The lowest BCUT2D eigenvalue weighted by Crippen LogP contribution is -2.61. The number of alkyl halides is 1. The van der Waals surface area contributed by atoms with E-state index >= 15 is 0 Å². The van der Waals surface area contributed by atoms with E-state index in [9.17, 15) is 43.1 Å². The van der Waals surface area contributed by atoms with E-state index in [0.717, 1.165) is 11.8 Å². The molecule has 0 aliphatic carbocycles. The van der Waals surface area contributed by atoms with Crippen molar-refractivity contribution in [3.8, 4) is 0 Å². The Hall–Kier alpha value is -2.42. The molecule has 0 spiro atoms. The second-order valence-electron chi connectivity index (χ2n) is 22.3. The molecular formula is C52H88FN5O14S2. The molecule has 3 aliphatic heterocycles. The maximum absolute atomic E-state index is 14.8. The van der Waals surface area contributed by atoms with Crippen LogP contribution in [0.5, 0.6) is 0 Å². The molecule has 3 fully saturated rings. The van der Waals surface area contributed by atoms with Crippen LogP contribution in [0.4, 0.5) is 4.39 Å². The number of thioether (sulfide) groups is 1. The number of esters is 1. The monoisotopic (exact) mass is 1090 g/mol. The van der Waals surface area contributed by atoms with Gasteiger partial charge in [-0.05, 0) is 112 Å². The van der Waals surface area contributed by atoms with Crippen LogP contribution in [-0.4, -0.2) is 208 Å². The minimum absolute atomic E-state index is 0.0755. The highest BCUT2D eigenvalue weighted by atomic mass is 32.2. The maximum atomic E-state index is 14.8. The predicted octanol–water partition coefficient (Wildman–Crippen LogP) is 4.12. The zero-order chi connectivity index (χ0) is 55.4. The van der Waals surface area contributed by atoms with Gasteiger partial charge in [-0.15, -0.1) is 5.10 Å². The number of ether oxygens (including phenoxy) is 6. The maximum Gasteiger partial charge on any atom is 0.311 e. The first-order chi connectivity index (χ1) is 34.4. The van der Waals surface area contributed by atoms with Crippen molar-refractivity contribution in [1.82, 2.24) is 24.8 Å². The molecule has 5 N–H and O–H groups in total. The lowest BCUT2D eigenvalue weighted by atomic mass is 9.77. The average Bonchev–Trinajstić information content (AvgIpc) is 3.81. The molecule has 3 aliphatic rings. The normalized spacial score (nSPS) is 39.5. The van der Waals surface area contributed by atoms with E-state index in [1.165, 1.54) is 42.6 Å². The Kier molecular flexibility index (Phi) is 21.6. The number of carbonyl (C=O) groups excluding carboxylic acids is 1. The van der Waals surface area contributed by atoms with Crippen LogP contribution in [-0.2, 0) is 49.5 Å². The number of sulfone groups is 1. The number of cyclic esters (lactones) is 1. The first-order valence-electron chi connectivity index (χ1n) is 26.0. The number of aliphatic hydroxyl groups excluding tert-OH is 3. The Morgan fingerprint density at radius 3 is 2.23 bits per heavy atom. The van der Waals surface area contributed by atoms with E-state index in [2.05, 4.69) is 10.3 Å². The molecule has 3 saturated heterocycles. The topological polar surface area (TPSA) is 245 Å². The second-order valence-corrected chi connectivity index (χ2v) is 25.3. The van der Waals surface area contributed by atoms with Gasteiger partial charge in [0.25, 0.3) is 0 Å².